The molecule has 0 saturated heterocycles. The molecule has 4 rings (SSSR count). The zero-order valence-corrected chi connectivity index (χ0v) is 15.2. The van der Waals surface area contributed by atoms with Crippen LogP contribution in [0, 0.1) is 0 Å². The summed E-state index contributed by atoms with van der Waals surface area (Å²) < 4.78 is 1.95. The van der Waals surface area contributed by atoms with Gasteiger partial charge in [0.25, 0.3) is 0 Å². The Labute approximate surface area is 153 Å². The first-order valence-electron chi connectivity index (χ1n) is 9.41. The summed E-state index contributed by atoms with van der Waals surface area (Å²) in [4.78, 5) is 8.62. The lowest BCUT2D eigenvalue weighted by atomic mass is 9.88. The van der Waals surface area contributed by atoms with Crippen molar-refractivity contribution in [3.63, 3.8) is 0 Å². The number of rotatable bonds is 3. The largest absolute Gasteiger partial charge is 0.508 e. The van der Waals surface area contributed by atoms with E-state index in [1.165, 1.54) is 24.0 Å². The van der Waals surface area contributed by atoms with Crippen LogP contribution in [0.15, 0.2) is 23.5 Å². The zero-order chi connectivity index (χ0) is 17.9. The first-order chi connectivity index (χ1) is 12.7. The molecule has 0 amide bonds. The number of phenolic OH excluding ortho intramolecular Hbond substituents is 1. The van der Waals surface area contributed by atoms with E-state index in [-0.39, 0.29) is 6.04 Å². The molecule has 1 aromatic heterocycles. The van der Waals surface area contributed by atoms with Crippen molar-refractivity contribution in [3.8, 4) is 5.75 Å². The Morgan fingerprint density at radius 2 is 2.19 bits per heavy atom. The molecule has 138 valence electrons. The number of aryl methyl sites for hydroxylation is 2. The van der Waals surface area contributed by atoms with E-state index in [9.17, 15) is 5.11 Å². The number of nitrogens with one attached hydrogen (secondary N) is 2. The predicted molar refractivity (Wildman–Crippen MR) is 100 cm³/mol. The Kier molecular flexibility index (Phi) is 4.77. The first kappa shape index (κ1) is 16.9. The first-order valence-corrected chi connectivity index (χ1v) is 9.41. The maximum atomic E-state index is 10.3. The summed E-state index contributed by atoms with van der Waals surface area (Å²) >= 11 is 0. The highest BCUT2D eigenvalue weighted by atomic mass is 16.3. The normalized spacial score (nSPS) is 19.6. The van der Waals surface area contributed by atoms with Gasteiger partial charge in [-0.1, -0.05) is 6.07 Å². The van der Waals surface area contributed by atoms with Crippen LogP contribution < -0.4 is 10.6 Å². The van der Waals surface area contributed by atoms with Crippen molar-refractivity contribution >= 4 is 5.96 Å². The lowest BCUT2D eigenvalue weighted by Gasteiger charge is -2.26. The van der Waals surface area contributed by atoms with Crippen LogP contribution in [0.1, 0.15) is 41.8 Å². The van der Waals surface area contributed by atoms with Crippen molar-refractivity contribution in [2.75, 3.05) is 7.05 Å². The number of aromatic nitrogens is 3. The third-order valence-corrected chi connectivity index (χ3v) is 5.43. The number of nitrogens with zero attached hydrogens (tertiary/aromatic N) is 4. The molecule has 0 fully saturated rings. The second-order valence-corrected chi connectivity index (χ2v) is 7.07. The number of hydrogen-bond acceptors (Lipinski definition) is 4. The minimum atomic E-state index is 0.272. The molecule has 0 spiro atoms. The van der Waals surface area contributed by atoms with Gasteiger partial charge in [0.1, 0.15) is 17.9 Å². The quantitative estimate of drug-likeness (QED) is 0.575. The molecule has 1 aliphatic carbocycles. The highest BCUT2D eigenvalue weighted by molar-refractivity contribution is 5.80. The van der Waals surface area contributed by atoms with Crippen molar-refractivity contribution < 1.29 is 5.11 Å². The molecule has 0 saturated carbocycles. The molecule has 0 bridgehead atoms. The van der Waals surface area contributed by atoms with E-state index in [4.69, 9.17) is 0 Å². The monoisotopic (exact) mass is 354 g/mol. The van der Waals surface area contributed by atoms with Gasteiger partial charge in [-0.15, -0.1) is 0 Å². The Morgan fingerprint density at radius 1 is 1.31 bits per heavy atom. The summed E-state index contributed by atoms with van der Waals surface area (Å²) in [6, 6.07) is 4.16. The molecular formula is C19H26N6O. The van der Waals surface area contributed by atoms with Crippen LogP contribution in [0.4, 0.5) is 0 Å². The highest BCUT2D eigenvalue weighted by Gasteiger charge is 2.21. The second kappa shape index (κ2) is 7.35. The molecule has 2 aromatic rings. The fourth-order valence-electron chi connectivity index (χ4n) is 4.00. The summed E-state index contributed by atoms with van der Waals surface area (Å²) in [5, 5.41) is 21.5. The van der Waals surface area contributed by atoms with Crippen LogP contribution in [0.25, 0.3) is 0 Å². The number of aliphatic imine (C=N–C) groups is 1. The molecule has 7 heteroatoms. The van der Waals surface area contributed by atoms with Gasteiger partial charge in [0.05, 0.1) is 6.54 Å². The maximum Gasteiger partial charge on any atom is 0.191 e. The number of benzene rings is 1. The predicted octanol–water partition coefficient (Wildman–Crippen LogP) is 1.54. The van der Waals surface area contributed by atoms with Gasteiger partial charge in [-0.2, -0.15) is 5.10 Å². The van der Waals surface area contributed by atoms with Crippen molar-refractivity contribution in [1.82, 2.24) is 25.4 Å². The van der Waals surface area contributed by atoms with E-state index in [0.29, 0.717) is 12.3 Å². The van der Waals surface area contributed by atoms with Gasteiger partial charge in [-0.05, 0) is 49.3 Å². The summed E-state index contributed by atoms with van der Waals surface area (Å²) in [5.74, 6) is 2.18. The third kappa shape index (κ3) is 3.38. The standard InChI is InChI=1S/C19H26N6O/c1-20-19(24-14-7-9-18-22-12-23-25(18)11-14)21-10-16-15-5-3-2-4-13(15)6-8-17(16)26/h6,8,12,14,26H,2-5,7,9-11H2,1H3,(H2,20,21,24). The van der Waals surface area contributed by atoms with E-state index < -0.39 is 0 Å². The summed E-state index contributed by atoms with van der Waals surface area (Å²) in [7, 11) is 1.78. The molecule has 3 N–H and O–H groups in total. The van der Waals surface area contributed by atoms with Gasteiger partial charge in [0.15, 0.2) is 5.96 Å². The molecule has 2 heterocycles. The Morgan fingerprint density at radius 3 is 3.08 bits per heavy atom. The van der Waals surface area contributed by atoms with E-state index >= 15 is 0 Å². The minimum Gasteiger partial charge on any atom is -0.508 e. The number of fused-ring (bicyclic) bond motifs is 2. The smallest absolute Gasteiger partial charge is 0.191 e. The SMILES string of the molecule is CN=C(NCc1c(O)ccc2c1CCCC2)NC1CCc2ncnn2C1. The van der Waals surface area contributed by atoms with E-state index in [1.54, 1.807) is 13.4 Å². The van der Waals surface area contributed by atoms with Crippen molar-refractivity contribution in [2.24, 2.45) is 4.99 Å². The number of hydrogen-bond donors (Lipinski definition) is 3. The van der Waals surface area contributed by atoms with Crippen LogP contribution in [0.2, 0.25) is 0 Å². The third-order valence-electron chi connectivity index (χ3n) is 5.43. The molecular weight excluding hydrogens is 328 g/mol. The highest BCUT2D eigenvalue weighted by Crippen LogP contribution is 2.30. The summed E-state index contributed by atoms with van der Waals surface area (Å²) in [6.07, 6.45) is 8.13. The van der Waals surface area contributed by atoms with Crippen LogP contribution in [0.5, 0.6) is 5.75 Å². The molecule has 1 atom stereocenters. The fraction of sp³-hybridized carbons (Fsp3) is 0.526. The molecule has 1 aromatic carbocycles. The van der Waals surface area contributed by atoms with Gasteiger partial charge in [-0.25, -0.2) is 9.67 Å². The topological polar surface area (TPSA) is 87.4 Å². The molecule has 2 aliphatic rings. The molecule has 7 nitrogen and oxygen atoms in total. The molecule has 1 aliphatic heterocycles. The van der Waals surface area contributed by atoms with Gasteiger partial charge < -0.3 is 15.7 Å². The van der Waals surface area contributed by atoms with Crippen LogP contribution >= 0.6 is 0 Å². The average Bonchev–Trinajstić information content (AvgIpc) is 3.14. The fourth-order valence-corrected chi connectivity index (χ4v) is 4.00. The Hall–Kier alpha value is -2.57. The maximum absolute atomic E-state index is 10.3. The van der Waals surface area contributed by atoms with Gasteiger partial charge in [0.2, 0.25) is 0 Å². The van der Waals surface area contributed by atoms with E-state index in [0.717, 1.165) is 49.6 Å². The zero-order valence-electron chi connectivity index (χ0n) is 15.2. The Bertz CT molecular complexity index is 812. The molecule has 26 heavy (non-hydrogen) atoms. The van der Waals surface area contributed by atoms with Gasteiger partial charge in [-0.3, -0.25) is 4.99 Å². The van der Waals surface area contributed by atoms with Gasteiger partial charge >= 0.3 is 0 Å². The molecule has 1 unspecified atom stereocenters. The van der Waals surface area contributed by atoms with Crippen LogP contribution in [-0.2, 0) is 32.4 Å². The second-order valence-electron chi connectivity index (χ2n) is 7.07. The minimum absolute atomic E-state index is 0.272. The van der Waals surface area contributed by atoms with E-state index in [2.05, 4.69) is 31.8 Å². The van der Waals surface area contributed by atoms with Crippen LogP contribution in [0.3, 0.4) is 0 Å². The van der Waals surface area contributed by atoms with Crippen molar-refractivity contribution in [1.29, 1.82) is 0 Å². The summed E-state index contributed by atoms with van der Waals surface area (Å²) in [6.45, 7) is 1.37. The summed E-state index contributed by atoms with van der Waals surface area (Å²) in [5.41, 5.74) is 3.69. The Balaban J connectivity index is 1.41. The van der Waals surface area contributed by atoms with Gasteiger partial charge in [0, 0.05) is 31.6 Å². The van der Waals surface area contributed by atoms with Crippen molar-refractivity contribution in [2.45, 2.75) is 57.7 Å². The van der Waals surface area contributed by atoms with Crippen LogP contribution in [-0.4, -0.2) is 38.9 Å². The lowest BCUT2D eigenvalue weighted by molar-refractivity contribution is 0.392. The van der Waals surface area contributed by atoms with E-state index in [1.807, 2.05) is 10.7 Å². The number of phenols is 1. The van der Waals surface area contributed by atoms with Crippen molar-refractivity contribution in [3.05, 3.63) is 41.0 Å². The number of guanidine groups is 1. The lowest BCUT2D eigenvalue weighted by Crippen LogP contribution is -2.46. The average molecular weight is 354 g/mol. The number of aromatic hydroxyl groups is 1. The molecule has 0 radical (unpaired) electrons.